The number of aromatic nitrogens is 1. The van der Waals surface area contributed by atoms with Crippen molar-refractivity contribution in [1.29, 1.82) is 0 Å². The van der Waals surface area contributed by atoms with Crippen LogP contribution in [0.5, 0.6) is 0 Å². The summed E-state index contributed by atoms with van der Waals surface area (Å²) in [4.78, 5) is 14.9. The molecule has 4 heteroatoms. The molecule has 1 aromatic heterocycles. The van der Waals surface area contributed by atoms with Gasteiger partial charge in [-0.25, -0.2) is 0 Å². The first-order chi connectivity index (χ1) is 6.09. The number of primary amides is 1. The van der Waals surface area contributed by atoms with Crippen LogP contribution in [0.1, 0.15) is 11.4 Å². The molecule has 1 aromatic rings. The lowest BCUT2D eigenvalue weighted by Gasteiger charge is -2.06. The molecule has 13 heavy (non-hydrogen) atoms. The second-order valence-electron chi connectivity index (χ2n) is 2.98. The molecule has 4 nitrogen and oxygen atoms in total. The van der Waals surface area contributed by atoms with Crippen LogP contribution in [-0.2, 0) is 11.2 Å². The Morgan fingerprint density at radius 1 is 1.62 bits per heavy atom. The molecule has 0 bridgehead atoms. The van der Waals surface area contributed by atoms with Crippen molar-refractivity contribution in [1.82, 2.24) is 4.98 Å². The highest BCUT2D eigenvalue weighted by molar-refractivity contribution is 5.79. The third-order valence-corrected chi connectivity index (χ3v) is 1.74. The molecule has 1 amide bonds. The van der Waals surface area contributed by atoms with Gasteiger partial charge in [0.1, 0.15) is 0 Å². The fourth-order valence-electron chi connectivity index (χ4n) is 1.04. The minimum Gasteiger partial charge on any atom is -0.368 e. The van der Waals surface area contributed by atoms with E-state index in [2.05, 4.69) is 4.98 Å². The van der Waals surface area contributed by atoms with E-state index in [0.29, 0.717) is 6.42 Å². The summed E-state index contributed by atoms with van der Waals surface area (Å²) in [7, 11) is 0. The minimum atomic E-state index is -0.644. The van der Waals surface area contributed by atoms with E-state index in [1.54, 1.807) is 0 Å². The van der Waals surface area contributed by atoms with Gasteiger partial charge in [-0.1, -0.05) is 6.07 Å². The quantitative estimate of drug-likeness (QED) is 0.671. The molecule has 0 aromatic carbocycles. The van der Waals surface area contributed by atoms with E-state index >= 15 is 0 Å². The predicted molar refractivity (Wildman–Crippen MR) is 49.8 cm³/mol. The third kappa shape index (κ3) is 2.83. The van der Waals surface area contributed by atoms with Crippen LogP contribution in [0, 0.1) is 6.92 Å². The van der Waals surface area contributed by atoms with Gasteiger partial charge in [-0.15, -0.1) is 0 Å². The lowest BCUT2D eigenvalue weighted by molar-refractivity contribution is -0.119. The minimum absolute atomic E-state index is 0.400. The summed E-state index contributed by atoms with van der Waals surface area (Å²) in [5.74, 6) is -0.497. The van der Waals surface area contributed by atoms with E-state index in [1.807, 2.05) is 25.1 Å². The van der Waals surface area contributed by atoms with Gasteiger partial charge in [-0.3, -0.25) is 9.78 Å². The summed E-state index contributed by atoms with van der Waals surface area (Å²) in [6.45, 7) is 1.89. The molecule has 1 heterocycles. The summed E-state index contributed by atoms with van der Waals surface area (Å²) >= 11 is 0. The van der Waals surface area contributed by atoms with Gasteiger partial charge in [0, 0.05) is 17.8 Å². The van der Waals surface area contributed by atoms with E-state index in [4.69, 9.17) is 11.5 Å². The van der Waals surface area contributed by atoms with Gasteiger partial charge in [0.15, 0.2) is 0 Å². The Balaban J connectivity index is 2.69. The van der Waals surface area contributed by atoms with E-state index in [0.717, 1.165) is 11.4 Å². The van der Waals surface area contributed by atoms with Crippen LogP contribution in [0.3, 0.4) is 0 Å². The lowest BCUT2D eigenvalue weighted by Crippen LogP contribution is -2.38. The Morgan fingerprint density at radius 3 is 2.85 bits per heavy atom. The number of nitrogens with zero attached hydrogens (tertiary/aromatic N) is 1. The zero-order chi connectivity index (χ0) is 9.84. The Hall–Kier alpha value is -1.42. The lowest BCUT2D eigenvalue weighted by atomic mass is 10.1. The fraction of sp³-hybridized carbons (Fsp3) is 0.333. The molecule has 0 saturated heterocycles. The van der Waals surface area contributed by atoms with Crippen LogP contribution in [0.15, 0.2) is 18.2 Å². The molecule has 0 radical (unpaired) electrons. The number of amides is 1. The molecule has 4 N–H and O–H groups in total. The Bertz CT molecular complexity index is 311. The van der Waals surface area contributed by atoms with Gasteiger partial charge < -0.3 is 11.5 Å². The highest BCUT2D eigenvalue weighted by Crippen LogP contribution is 2.00. The maximum Gasteiger partial charge on any atom is 0.234 e. The average Bonchev–Trinajstić information content (AvgIpc) is 2.04. The number of pyridine rings is 1. The topological polar surface area (TPSA) is 82.0 Å². The highest BCUT2D eigenvalue weighted by Gasteiger charge is 2.10. The number of aryl methyl sites for hydroxylation is 1. The standard InChI is InChI=1S/C9H13N3O/c1-6-3-2-4-7(12-6)5-8(10)9(11)13/h2-4,8H,5,10H2,1H3,(H2,11,13). The van der Waals surface area contributed by atoms with Crippen molar-refractivity contribution in [2.24, 2.45) is 11.5 Å². The van der Waals surface area contributed by atoms with Gasteiger partial charge in [0.25, 0.3) is 0 Å². The zero-order valence-corrected chi connectivity index (χ0v) is 7.53. The summed E-state index contributed by atoms with van der Waals surface area (Å²) < 4.78 is 0. The Labute approximate surface area is 77.0 Å². The second-order valence-corrected chi connectivity index (χ2v) is 2.98. The van der Waals surface area contributed by atoms with Crippen molar-refractivity contribution in [2.45, 2.75) is 19.4 Å². The highest BCUT2D eigenvalue weighted by atomic mass is 16.1. The van der Waals surface area contributed by atoms with Gasteiger partial charge >= 0.3 is 0 Å². The number of carbonyl (C=O) groups is 1. The molecular formula is C9H13N3O. The van der Waals surface area contributed by atoms with Crippen LogP contribution in [-0.4, -0.2) is 16.9 Å². The summed E-state index contributed by atoms with van der Waals surface area (Å²) in [6, 6.07) is 4.95. The smallest absolute Gasteiger partial charge is 0.234 e. The van der Waals surface area contributed by atoms with E-state index in [-0.39, 0.29) is 0 Å². The molecule has 1 atom stereocenters. The van der Waals surface area contributed by atoms with Crippen molar-refractivity contribution in [3.63, 3.8) is 0 Å². The first-order valence-corrected chi connectivity index (χ1v) is 4.07. The Kier molecular flexibility index (Phi) is 2.97. The Morgan fingerprint density at radius 2 is 2.31 bits per heavy atom. The first-order valence-electron chi connectivity index (χ1n) is 4.07. The zero-order valence-electron chi connectivity index (χ0n) is 7.53. The van der Waals surface area contributed by atoms with Crippen molar-refractivity contribution >= 4 is 5.91 Å². The molecule has 0 spiro atoms. The molecule has 1 rings (SSSR count). The SMILES string of the molecule is Cc1cccc(CC(N)C(N)=O)n1. The van der Waals surface area contributed by atoms with E-state index in [9.17, 15) is 4.79 Å². The van der Waals surface area contributed by atoms with E-state index < -0.39 is 11.9 Å². The molecule has 0 aliphatic carbocycles. The normalized spacial score (nSPS) is 12.5. The second kappa shape index (κ2) is 4.00. The predicted octanol–water partition coefficient (Wildman–Crippen LogP) is -0.255. The number of nitrogens with two attached hydrogens (primary N) is 2. The molecule has 0 saturated carbocycles. The van der Waals surface area contributed by atoms with E-state index in [1.165, 1.54) is 0 Å². The first kappa shape index (κ1) is 9.67. The third-order valence-electron chi connectivity index (χ3n) is 1.74. The molecule has 0 aliphatic heterocycles. The summed E-state index contributed by atoms with van der Waals surface area (Å²) in [5, 5.41) is 0. The molecular weight excluding hydrogens is 166 g/mol. The molecule has 0 fully saturated rings. The largest absolute Gasteiger partial charge is 0.368 e. The maximum atomic E-state index is 10.7. The van der Waals surface area contributed by atoms with Crippen LogP contribution < -0.4 is 11.5 Å². The van der Waals surface area contributed by atoms with Gasteiger partial charge in [0.2, 0.25) is 5.91 Å². The van der Waals surface area contributed by atoms with Crippen molar-refractivity contribution in [3.8, 4) is 0 Å². The number of hydrogen-bond donors (Lipinski definition) is 2. The van der Waals surface area contributed by atoms with Crippen LogP contribution >= 0.6 is 0 Å². The van der Waals surface area contributed by atoms with Gasteiger partial charge in [-0.2, -0.15) is 0 Å². The van der Waals surface area contributed by atoms with Crippen LogP contribution in [0.25, 0.3) is 0 Å². The fourth-order valence-corrected chi connectivity index (χ4v) is 1.04. The van der Waals surface area contributed by atoms with Crippen molar-refractivity contribution in [3.05, 3.63) is 29.6 Å². The molecule has 0 aliphatic rings. The van der Waals surface area contributed by atoms with Gasteiger partial charge in [0.05, 0.1) is 6.04 Å². The number of carbonyl (C=O) groups excluding carboxylic acids is 1. The number of hydrogen-bond acceptors (Lipinski definition) is 3. The maximum absolute atomic E-state index is 10.7. The summed E-state index contributed by atoms with van der Waals surface area (Å²) in [6.07, 6.45) is 0.400. The molecule has 1 unspecified atom stereocenters. The monoisotopic (exact) mass is 179 g/mol. The van der Waals surface area contributed by atoms with Crippen molar-refractivity contribution in [2.75, 3.05) is 0 Å². The van der Waals surface area contributed by atoms with Crippen molar-refractivity contribution < 1.29 is 4.79 Å². The van der Waals surface area contributed by atoms with Gasteiger partial charge in [-0.05, 0) is 19.1 Å². The number of rotatable bonds is 3. The van der Waals surface area contributed by atoms with Crippen LogP contribution in [0.4, 0.5) is 0 Å². The van der Waals surface area contributed by atoms with Crippen LogP contribution in [0.2, 0.25) is 0 Å². The average molecular weight is 179 g/mol. The molecule has 70 valence electrons. The summed E-state index contributed by atoms with van der Waals surface area (Å²) in [5.41, 5.74) is 12.2.